The molecule has 0 fully saturated rings. The van der Waals surface area contributed by atoms with Gasteiger partial charge >= 0.3 is 0 Å². The normalized spacial score (nSPS) is 11.2. The van der Waals surface area contributed by atoms with E-state index in [1.807, 2.05) is 37.3 Å². The fraction of sp³-hybridized carbons (Fsp3) is 0.0625. The minimum Gasteiger partial charge on any atom is -0.354 e. The van der Waals surface area contributed by atoms with Gasteiger partial charge in [-0.15, -0.1) is 11.3 Å². The molecule has 118 valence electrons. The Balaban J connectivity index is 1.72. The molecule has 0 aliphatic carbocycles. The lowest BCUT2D eigenvalue weighted by atomic mass is 10.3. The van der Waals surface area contributed by atoms with E-state index < -0.39 is 10.0 Å². The predicted octanol–water partition coefficient (Wildman–Crippen LogP) is 4.00. The highest BCUT2D eigenvalue weighted by Crippen LogP contribution is 2.23. The van der Waals surface area contributed by atoms with Gasteiger partial charge in [0.05, 0.1) is 11.9 Å². The smallest absolute Gasteiger partial charge is 0.272 e. The van der Waals surface area contributed by atoms with Gasteiger partial charge in [-0.25, -0.2) is 13.4 Å². The molecule has 2 aromatic heterocycles. The summed E-state index contributed by atoms with van der Waals surface area (Å²) < 4.78 is 27.2. The lowest BCUT2D eigenvalue weighted by Gasteiger charge is -2.08. The van der Waals surface area contributed by atoms with Gasteiger partial charge in [0.2, 0.25) is 0 Å². The summed E-state index contributed by atoms with van der Waals surface area (Å²) in [7, 11) is -3.58. The number of aryl methyl sites for hydroxylation is 1. The molecule has 5 nitrogen and oxygen atoms in total. The van der Waals surface area contributed by atoms with Crippen LogP contribution < -0.4 is 10.0 Å². The van der Waals surface area contributed by atoms with E-state index in [1.54, 1.807) is 30.5 Å². The summed E-state index contributed by atoms with van der Waals surface area (Å²) in [6.45, 7) is 1.87. The van der Waals surface area contributed by atoms with E-state index in [2.05, 4.69) is 15.0 Å². The van der Waals surface area contributed by atoms with E-state index in [-0.39, 0.29) is 10.0 Å². The summed E-state index contributed by atoms with van der Waals surface area (Å²) in [5, 5.41) is 3.19. The first-order chi connectivity index (χ1) is 11.0. The molecule has 7 heteroatoms. The molecule has 0 atom stereocenters. The van der Waals surface area contributed by atoms with E-state index in [4.69, 9.17) is 0 Å². The van der Waals surface area contributed by atoms with Gasteiger partial charge in [-0.1, -0.05) is 18.2 Å². The number of aromatic nitrogens is 1. The van der Waals surface area contributed by atoms with Crippen molar-refractivity contribution in [1.29, 1.82) is 0 Å². The number of pyridine rings is 1. The Hall–Kier alpha value is -2.38. The quantitative estimate of drug-likeness (QED) is 0.733. The molecule has 0 saturated heterocycles. The van der Waals surface area contributed by atoms with Crippen LogP contribution in [0.2, 0.25) is 0 Å². The van der Waals surface area contributed by atoms with Crippen LogP contribution in [0, 0.1) is 6.92 Å². The molecule has 0 aliphatic rings. The fourth-order valence-electron chi connectivity index (χ4n) is 1.96. The average molecular weight is 345 g/mol. The van der Waals surface area contributed by atoms with Crippen LogP contribution in [-0.2, 0) is 10.0 Å². The highest BCUT2D eigenvalue weighted by molar-refractivity contribution is 7.94. The van der Waals surface area contributed by atoms with Crippen molar-refractivity contribution in [3.05, 3.63) is 65.7 Å². The largest absolute Gasteiger partial charge is 0.354 e. The number of hydrogen-bond donors (Lipinski definition) is 2. The van der Waals surface area contributed by atoms with Crippen molar-refractivity contribution in [2.45, 2.75) is 11.1 Å². The minimum absolute atomic E-state index is 0.281. The molecule has 0 spiro atoms. The highest BCUT2D eigenvalue weighted by Gasteiger charge is 2.16. The zero-order valence-corrected chi connectivity index (χ0v) is 14.0. The van der Waals surface area contributed by atoms with Gasteiger partial charge in [-0.3, -0.25) is 4.72 Å². The second-order valence-corrected chi connectivity index (χ2v) is 8.09. The first-order valence-electron chi connectivity index (χ1n) is 6.90. The molecule has 0 amide bonds. The number of anilines is 3. The highest BCUT2D eigenvalue weighted by atomic mass is 32.2. The molecular formula is C16H15N3O2S2. The Morgan fingerprint density at radius 3 is 2.35 bits per heavy atom. The zero-order valence-electron chi connectivity index (χ0n) is 12.4. The van der Waals surface area contributed by atoms with Crippen LogP contribution in [0.5, 0.6) is 0 Å². The average Bonchev–Trinajstić information content (AvgIpc) is 2.98. The monoisotopic (exact) mass is 345 g/mol. The third-order valence-electron chi connectivity index (χ3n) is 3.05. The van der Waals surface area contributed by atoms with Gasteiger partial charge in [0.1, 0.15) is 10.0 Å². The first kappa shape index (κ1) is 15.5. The molecule has 0 radical (unpaired) electrons. The van der Waals surface area contributed by atoms with Crippen molar-refractivity contribution in [1.82, 2.24) is 4.98 Å². The van der Waals surface area contributed by atoms with Gasteiger partial charge in [-0.05, 0) is 43.3 Å². The van der Waals surface area contributed by atoms with E-state index in [9.17, 15) is 8.42 Å². The standard InChI is InChI=1S/C16H15N3O2S2/c1-12-7-10-16(22-12)23(20,21)19-15-9-8-14(11-17-15)18-13-5-3-2-4-6-13/h2-11,18H,1H3,(H,17,19). The molecule has 3 rings (SSSR count). The van der Waals surface area contributed by atoms with Crippen LogP contribution in [0.3, 0.4) is 0 Å². The third kappa shape index (κ3) is 3.88. The Morgan fingerprint density at radius 1 is 0.957 bits per heavy atom. The lowest BCUT2D eigenvalue weighted by molar-refractivity contribution is 0.603. The lowest BCUT2D eigenvalue weighted by Crippen LogP contribution is -2.12. The van der Waals surface area contributed by atoms with Crippen molar-refractivity contribution in [2.75, 3.05) is 10.0 Å². The summed E-state index contributed by atoms with van der Waals surface area (Å²) >= 11 is 1.23. The number of sulfonamides is 1. The van der Waals surface area contributed by atoms with E-state index in [0.717, 1.165) is 16.3 Å². The first-order valence-corrected chi connectivity index (χ1v) is 9.20. The Bertz CT molecular complexity index is 889. The molecule has 2 heterocycles. The Labute approximate surface area is 139 Å². The van der Waals surface area contributed by atoms with Crippen molar-refractivity contribution in [2.24, 2.45) is 0 Å². The second-order valence-electron chi connectivity index (χ2n) is 4.89. The SMILES string of the molecule is Cc1ccc(S(=O)(=O)Nc2ccc(Nc3ccccc3)cn2)s1. The van der Waals surface area contributed by atoms with E-state index in [1.165, 1.54) is 11.3 Å². The molecule has 0 aliphatic heterocycles. The van der Waals surface area contributed by atoms with Crippen LogP contribution in [0.4, 0.5) is 17.2 Å². The number of hydrogen-bond acceptors (Lipinski definition) is 5. The fourth-order valence-corrected chi connectivity index (χ4v) is 4.25. The number of rotatable bonds is 5. The number of para-hydroxylation sites is 1. The molecule has 0 bridgehead atoms. The van der Waals surface area contributed by atoms with E-state index in [0.29, 0.717) is 0 Å². The van der Waals surface area contributed by atoms with Crippen molar-refractivity contribution >= 4 is 38.6 Å². The number of benzene rings is 1. The molecule has 3 aromatic rings. The number of nitrogens with one attached hydrogen (secondary N) is 2. The second kappa shape index (κ2) is 6.39. The maximum atomic E-state index is 12.2. The van der Waals surface area contributed by atoms with Crippen LogP contribution >= 0.6 is 11.3 Å². The summed E-state index contributed by atoms with van der Waals surface area (Å²) in [4.78, 5) is 5.09. The van der Waals surface area contributed by atoms with Gasteiger partial charge in [0.15, 0.2) is 0 Å². The number of nitrogens with zero attached hydrogens (tertiary/aromatic N) is 1. The topological polar surface area (TPSA) is 71.1 Å². The molecule has 2 N–H and O–H groups in total. The minimum atomic E-state index is -3.58. The summed E-state index contributed by atoms with van der Waals surface area (Å²) in [6, 6.07) is 16.5. The maximum absolute atomic E-state index is 12.2. The molecule has 23 heavy (non-hydrogen) atoms. The van der Waals surface area contributed by atoms with Crippen molar-refractivity contribution in [3.63, 3.8) is 0 Å². The van der Waals surface area contributed by atoms with Gasteiger partial charge in [-0.2, -0.15) is 0 Å². The van der Waals surface area contributed by atoms with E-state index >= 15 is 0 Å². The Morgan fingerprint density at radius 2 is 1.74 bits per heavy atom. The van der Waals surface area contributed by atoms with Crippen LogP contribution in [-0.4, -0.2) is 13.4 Å². The van der Waals surface area contributed by atoms with Crippen LogP contribution in [0.1, 0.15) is 4.88 Å². The van der Waals surface area contributed by atoms with Crippen LogP contribution in [0.15, 0.2) is 65.0 Å². The molecule has 1 aromatic carbocycles. The van der Waals surface area contributed by atoms with Crippen LogP contribution in [0.25, 0.3) is 0 Å². The third-order valence-corrected chi connectivity index (χ3v) is 5.89. The summed E-state index contributed by atoms with van der Waals surface area (Å²) in [5.74, 6) is 0.287. The zero-order chi connectivity index (χ0) is 16.3. The summed E-state index contributed by atoms with van der Waals surface area (Å²) in [6.07, 6.45) is 1.59. The number of thiophene rings is 1. The van der Waals surface area contributed by atoms with Crippen molar-refractivity contribution in [3.8, 4) is 0 Å². The maximum Gasteiger partial charge on any atom is 0.272 e. The van der Waals surface area contributed by atoms with Gasteiger partial charge in [0.25, 0.3) is 10.0 Å². The van der Waals surface area contributed by atoms with Gasteiger partial charge < -0.3 is 5.32 Å². The summed E-state index contributed by atoms with van der Waals surface area (Å²) in [5.41, 5.74) is 1.72. The van der Waals surface area contributed by atoms with Crippen molar-refractivity contribution < 1.29 is 8.42 Å². The molecular weight excluding hydrogens is 330 g/mol. The molecule has 0 saturated carbocycles. The van der Waals surface area contributed by atoms with Gasteiger partial charge in [0, 0.05) is 10.6 Å². The predicted molar refractivity (Wildman–Crippen MR) is 93.8 cm³/mol. The molecule has 0 unspecified atom stereocenters. The Kier molecular flexibility index (Phi) is 4.31.